The van der Waals surface area contributed by atoms with Crippen molar-refractivity contribution >= 4 is 5.69 Å². The second-order valence-corrected chi connectivity index (χ2v) is 4.66. The van der Waals surface area contributed by atoms with Gasteiger partial charge in [0.25, 0.3) is 0 Å². The highest BCUT2D eigenvalue weighted by molar-refractivity contribution is 5.47. The zero-order chi connectivity index (χ0) is 12.7. The molecule has 1 rings (SSSR count). The Hall–Kier alpha value is -1.09. The number of anilines is 1. The molecule has 0 unspecified atom stereocenters. The molecule has 0 amide bonds. The van der Waals surface area contributed by atoms with E-state index in [1.54, 1.807) is 6.20 Å². The first-order valence-corrected chi connectivity index (χ1v) is 6.51. The smallest absolute Gasteiger partial charge is 0.0853 e. The molecule has 1 N–H and O–H groups in total. The van der Waals surface area contributed by atoms with Gasteiger partial charge in [-0.3, -0.25) is 4.98 Å². The van der Waals surface area contributed by atoms with Crippen molar-refractivity contribution in [2.45, 2.75) is 52.7 Å². The maximum atomic E-state index is 9.12. The van der Waals surface area contributed by atoms with Crippen LogP contribution in [0.1, 0.15) is 45.7 Å². The van der Waals surface area contributed by atoms with Gasteiger partial charge >= 0.3 is 0 Å². The zero-order valence-corrected chi connectivity index (χ0v) is 11.2. The second kappa shape index (κ2) is 7.28. The van der Waals surface area contributed by atoms with E-state index in [1.165, 1.54) is 19.3 Å². The molecule has 1 aromatic rings. The summed E-state index contributed by atoms with van der Waals surface area (Å²) < 4.78 is 0. The van der Waals surface area contributed by atoms with Crippen molar-refractivity contribution in [2.75, 3.05) is 11.4 Å². The highest BCUT2D eigenvalue weighted by Crippen LogP contribution is 2.18. The number of aromatic nitrogens is 1. The fourth-order valence-corrected chi connectivity index (χ4v) is 1.95. The lowest BCUT2D eigenvalue weighted by Gasteiger charge is -2.29. The number of nitrogens with zero attached hydrogens (tertiary/aromatic N) is 2. The van der Waals surface area contributed by atoms with E-state index in [9.17, 15) is 0 Å². The molecule has 0 aliphatic heterocycles. The van der Waals surface area contributed by atoms with Crippen LogP contribution in [0.2, 0.25) is 0 Å². The normalized spacial score (nSPS) is 10.9. The number of hydrogen-bond acceptors (Lipinski definition) is 3. The Morgan fingerprint density at radius 2 is 2.12 bits per heavy atom. The molecule has 0 aromatic carbocycles. The Kier molecular flexibility index (Phi) is 5.98. The first kappa shape index (κ1) is 14.0. The molecule has 0 aliphatic rings. The fourth-order valence-electron chi connectivity index (χ4n) is 1.95. The molecule has 0 aliphatic carbocycles. The van der Waals surface area contributed by atoms with Crippen molar-refractivity contribution in [3.63, 3.8) is 0 Å². The maximum absolute atomic E-state index is 9.12. The van der Waals surface area contributed by atoms with Crippen molar-refractivity contribution in [3.05, 3.63) is 24.0 Å². The van der Waals surface area contributed by atoms with E-state index in [-0.39, 0.29) is 6.61 Å². The van der Waals surface area contributed by atoms with Gasteiger partial charge in [-0.25, -0.2) is 0 Å². The van der Waals surface area contributed by atoms with Crippen molar-refractivity contribution in [3.8, 4) is 0 Å². The van der Waals surface area contributed by atoms with Crippen LogP contribution in [0.25, 0.3) is 0 Å². The molecule has 96 valence electrons. The van der Waals surface area contributed by atoms with Gasteiger partial charge in [-0.2, -0.15) is 0 Å². The van der Waals surface area contributed by atoms with Crippen LogP contribution in [0.4, 0.5) is 5.69 Å². The summed E-state index contributed by atoms with van der Waals surface area (Å²) in [6.45, 7) is 7.70. The average molecular weight is 236 g/mol. The van der Waals surface area contributed by atoms with Crippen LogP contribution in [-0.4, -0.2) is 22.7 Å². The molecule has 17 heavy (non-hydrogen) atoms. The summed E-state index contributed by atoms with van der Waals surface area (Å²) in [4.78, 5) is 6.49. The molecular weight excluding hydrogens is 212 g/mol. The molecule has 0 fully saturated rings. The molecule has 0 bridgehead atoms. The Morgan fingerprint density at radius 1 is 1.35 bits per heavy atom. The Labute approximate surface area is 104 Å². The van der Waals surface area contributed by atoms with E-state index in [2.05, 4.69) is 30.7 Å². The van der Waals surface area contributed by atoms with E-state index < -0.39 is 0 Å². The van der Waals surface area contributed by atoms with Crippen LogP contribution in [0, 0.1) is 0 Å². The standard InChI is InChI=1S/C14H24N2O/c1-4-5-6-9-16(12(2)3)14-7-8-15-13(10-14)11-17/h7-8,10,12,17H,4-6,9,11H2,1-3H3. The van der Waals surface area contributed by atoms with Crippen LogP contribution in [0.5, 0.6) is 0 Å². The molecule has 0 saturated carbocycles. The van der Waals surface area contributed by atoms with E-state index in [0.717, 1.165) is 17.9 Å². The van der Waals surface area contributed by atoms with Crippen molar-refractivity contribution in [1.82, 2.24) is 4.98 Å². The van der Waals surface area contributed by atoms with Gasteiger partial charge in [0, 0.05) is 24.5 Å². The van der Waals surface area contributed by atoms with Crippen LogP contribution in [0.3, 0.4) is 0 Å². The van der Waals surface area contributed by atoms with Gasteiger partial charge in [-0.15, -0.1) is 0 Å². The van der Waals surface area contributed by atoms with Crippen molar-refractivity contribution in [1.29, 1.82) is 0 Å². The minimum atomic E-state index is 0.00867. The van der Waals surface area contributed by atoms with Gasteiger partial charge in [-0.1, -0.05) is 19.8 Å². The summed E-state index contributed by atoms with van der Waals surface area (Å²) in [5.74, 6) is 0. The average Bonchev–Trinajstić information content (AvgIpc) is 2.34. The summed E-state index contributed by atoms with van der Waals surface area (Å²) in [6, 6.07) is 4.47. The first-order valence-electron chi connectivity index (χ1n) is 6.51. The van der Waals surface area contributed by atoms with E-state index in [4.69, 9.17) is 5.11 Å². The van der Waals surface area contributed by atoms with Gasteiger partial charge in [0.1, 0.15) is 0 Å². The molecule has 3 heteroatoms. The van der Waals surface area contributed by atoms with Gasteiger partial charge < -0.3 is 10.0 Å². The monoisotopic (exact) mass is 236 g/mol. The predicted molar refractivity (Wildman–Crippen MR) is 72.2 cm³/mol. The number of pyridine rings is 1. The van der Waals surface area contributed by atoms with Gasteiger partial charge in [0.15, 0.2) is 0 Å². The fraction of sp³-hybridized carbons (Fsp3) is 0.643. The summed E-state index contributed by atoms with van der Waals surface area (Å²) in [5.41, 5.74) is 1.90. The number of rotatable bonds is 7. The van der Waals surface area contributed by atoms with E-state index in [1.807, 2.05) is 12.1 Å². The van der Waals surface area contributed by atoms with E-state index in [0.29, 0.717) is 6.04 Å². The molecule has 1 heterocycles. The summed E-state index contributed by atoms with van der Waals surface area (Å²) >= 11 is 0. The largest absolute Gasteiger partial charge is 0.390 e. The Morgan fingerprint density at radius 3 is 2.71 bits per heavy atom. The predicted octanol–water partition coefficient (Wildman–Crippen LogP) is 2.98. The van der Waals surface area contributed by atoms with Crippen molar-refractivity contribution < 1.29 is 5.11 Å². The van der Waals surface area contributed by atoms with E-state index >= 15 is 0 Å². The maximum Gasteiger partial charge on any atom is 0.0853 e. The molecule has 1 aromatic heterocycles. The number of unbranched alkanes of at least 4 members (excludes halogenated alkanes) is 2. The van der Waals surface area contributed by atoms with Crippen LogP contribution >= 0.6 is 0 Å². The van der Waals surface area contributed by atoms with Crippen LogP contribution in [0.15, 0.2) is 18.3 Å². The third-order valence-corrected chi connectivity index (χ3v) is 2.92. The molecule has 0 radical (unpaired) electrons. The van der Waals surface area contributed by atoms with Crippen LogP contribution < -0.4 is 4.90 Å². The molecule has 0 atom stereocenters. The Bertz CT molecular complexity index is 326. The lowest BCUT2D eigenvalue weighted by atomic mass is 10.2. The molecular formula is C14H24N2O. The highest BCUT2D eigenvalue weighted by Gasteiger charge is 2.10. The minimum absolute atomic E-state index is 0.00867. The Balaban J connectivity index is 2.74. The molecule has 3 nitrogen and oxygen atoms in total. The molecule has 0 spiro atoms. The van der Waals surface area contributed by atoms with Crippen LogP contribution in [-0.2, 0) is 6.61 Å². The number of aliphatic hydroxyl groups is 1. The third-order valence-electron chi connectivity index (χ3n) is 2.92. The number of aliphatic hydroxyl groups excluding tert-OH is 1. The van der Waals surface area contributed by atoms with Gasteiger partial charge in [-0.05, 0) is 32.4 Å². The number of hydrogen-bond donors (Lipinski definition) is 1. The second-order valence-electron chi connectivity index (χ2n) is 4.66. The zero-order valence-electron chi connectivity index (χ0n) is 11.2. The van der Waals surface area contributed by atoms with Crippen molar-refractivity contribution in [2.24, 2.45) is 0 Å². The minimum Gasteiger partial charge on any atom is -0.390 e. The highest BCUT2D eigenvalue weighted by atomic mass is 16.3. The third kappa shape index (κ3) is 4.35. The SMILES string of the molecule is CCCCCN(c1ccnc(CO)c1)C(C)C. The summed E-state index contributed by atoms with van der Waals surface area (Å²) in [7, 11) is 0. The van der Waals surface area contributed by atoms with Gasteiger partial charge in [0.05, 0.1) is 12.3 Å². The summed E-state index contributed by atoms with van der Waals surface area (Å²) in [6.07, 6.45) is 5.49. The summed E-state index contributed by atoms with van der Waals surface area (Å²) in [5, 5.41) is 9.12. The lowest BCUT2D eigenvalue weighted by Crippen LogP contribution is -2.31. The lowest BCUT2D eigenvalue weighted by molar-refractivity contribution is 0.277. The molecule has 0 saturated heterocycles. The van der Waals surface area contributed by atoms with Gasteiger partial charge in [0.2, 0.25) is 0 Å². The quantitative estimate of drug-likeness (QED) is 0.739. The first-order chi connectivity index (χ1) is 8.19. The topological polar surface area (TPSA) is 36.4 Å².